The van der Waals surface area contributed by atoms with Crippen LogP contribution < -0.4 is 10.1 Å². The summed E-state index contributed by atoms with van der Waals surface area (Å²) in [5, 5.41) is 2.97. The number of hydrogen-bond donors (Lipinski definition) is 1. The maximum absolute atomic E-state index is 12.4. The van der Waals surface area contributed by atoms with E-state index in [0.29, 0.717) is 6.54 Å². The van der Waals surface area contributed by atoms with E-state index in [-0.39, 0.29) is 11.8 Å². The van der Waals surface area contributed by atoms with Crippen LogP contribution in [0.4, 0.5) is 0 Å². The number of benzene rings is 1. The Morgan fingerprint density at radius 3 is 2.52 bits per heavy atom. The Bertz CT molecular complexity index is 626. The summed E-state index contributed by atoms with van der Waals surface area (Å²) in [6.07, 6.45) is 3.81. The first-order valence-corrected chi connectivity index (χ1v) is 7.97. The van der Waals surface area contributed by atoms with Gasteiger partial charge in [-0.3, -0.25) is 9.78 Å². The lowest BCUT2D eigenvalue weighted by Crippen LogP contribution is -2.42. The standard InChI is InChI=1S/C19H24N2O2/c1-14(2)18(23-17-7-5-4-6-15(17)3)19(22)21-13-10-16-8-11-20-12-9-16/h4-9,11-12,14,18H,10,13H2,1-3H3,(H,21,22). The Balaban J connectivity index is 1.92. The first-order valence-electron chi connectivity index (χ1n) is 7.97. The minimum atomic E-state index is -0.492. The smallest absolute Gasteiger partial charge is 0.261 e. The number of nitrogens with zero attached hydrogens (tertiary/aromatic N) is 1. The summed E-state index contributed by atoms with van der Waals surface area (Å²) in [6, 6.07) is 11.7. The topological polar surface area (TPSA) is 51.2 Å². The molecular formula is C19H24N2O2. The normalized spacial score (nSPS) is 12.0. The van der Waals surface area contributed by atoms with Crippen LogP contribution in [0.1, 0.15) is 25.0 Å². The maximum atomic E-state index is 12.4. The lowest BCUT2D eigenvalue weighted by Gasteiger charge is -2.22. The second kappa shape index (κ2) is 8.32. The highest BCUT2D eigenvalue weighted by atomic mass is 16.5. The van der Waals surface area contributed by atoms with E-state index in [1.165, 1.54) is 0 Å². The molecular weight excluding hydrogens is 288 g/mol. The molecule has 4 nitrogen and oxygen atoms in total. The van der Waals surface area contributed by atoms with Crippen LogP contribution in [0.5, 0.6) is 5.75 Å². The largest absolute Gasteiger partial charge is 0.480 e. The van der Waals surface area contributed by atoms with E-state index in [4.69, 9.17) is 4.74 Å². The van der Waals surface area contributed by atoms with Crippen molar-refractivity contribution in [1.82, 2.24) is 10.3 Å². The average Bonchev–Trinajstić information content (AvgIpc) is 2.54. The molecule has 1 unspecified atom stereocenters. The SMILES string of the molecule is Cc1ccccc1OC(C(=O)NCCc1ccncc1)C(C)C. The number of hydrogen-bond acceptors (Lipinski definition) is 3. The van der Waals surface area contributed by atoms with E-state index in [9.17, 15) is 4.79 Å². The number of carbonyl (C=O) groups excluding carboxylic acids is 1. The maximum Gasteiger partial charge on any atom is 0.261 e. The molecule has 0 aliphatic rings. The predicted octanol–water partition coefficient (Wildman–Crippen LogP) is 3.15. The van der Waals surface area contributed by atoms with Gasteiger partial charge in [0.2, 0.25) is 0 Å². The molecule has 4 heteroatoms. The summed E-state index contributed by atoms with van der Waals surface area (Å²) in [4.78, 5) is 16.4. The molecule has 0 aliphatic heterocycles. The number of aromatic nitrogens is 1. The van der Waals surface area contributed by atoms with Gasteiger partial charge in [-0.05, 0) is 48.6 Å². The summed E-state index contributed by atoms with van der Waals surface area (Å²) in [7, 11) is 0. The van der Waals surface area contributed by atoms with Crippen LogP contribution in [0.15, 0.2) is 48.8 Å². The van der Waals surface area contributed by atoms with Gasteiger partial charge >= 0.3 is 0 Å². The van der Waals surface area contributed by atoms with Crippen LogP contribution in [-0.4, -0.2) is 23.5 Å². The summed E-state index contributed by atoms with van der Waals surface area (Å²) < 4.78 is 5.95. The minimum absolute atomic E-state index is 0.0719. The summed E-state index contributed by atoms with van der Waals surface area (Å²) in [5.41, 5.74) is 2.18. The molecule has 0 bridgehead atoms. The first kappa shape index (κ1) is 17.0. The zero-order valence-corrected chi connectivity index (χ0v) is 14.0. The van der Waals surface area contributed by atoms with Gasteiger partial charge in [-0.2, -0.15) is 0 Å². The van der Waals surface area contributed by atoms with E-state index in [1.54, 1.807) is 12.4 Å². The van der Waals surface area contributed by atoms with E-state index in [2.05, 4.69) is 10.3 Å². The second-order valence-corrected chi connectivity index (χ2v) is 5.94. The van der Waals surface area contributed by atoms with Gasteiger partial charge in [0.15, 0.2) is 6.10 Å². The second-order valence-electron chi connectivity index (χ2n) is 5.94. The van der Waals surface area contributed by atoms with Crippen LogP contribution in [0.25, 0.3) is 0 Å². The molecule has 0 saturated carbocycles. The number of nitrogens with one attached hydrogen (secondary N) is 1. The number of aryl methyl sites for hydroxylation is 1. The molecule has 2 rings (SSSR count). The minimum Gasteiger partial charge on any atom is -0.480 e. The molecule has 23 heavy (non-hydrogen) atoms. The highest BCUT2D eigenvalue weighted by Crippen LogP contribution is 2.20. The van der Waals surface area contributed by atoms with Crippen molar-refractivity contribution >= 4 is 5.91 Å². The molecule has 0 saturated heterocycles. The molecule has 0 aliphatic carbocycles. The third-order valence-electron chi connectivity index (χ3n) is 3.67. The molecule has 0 radical (unpaired) electrons. The number of pyridine rings is 1. The summed E-state index contributed by atoms with van der Waals surface area (Å²) >= 11 is 0. The zero-order valence-electron chi connectivity index (χ0n) is 14.0. The van der Waals surface area contributed by atoms with E-state index >= 15 is 0 Å². The molecule has 1 aromatic carbocycles. The Labute approximate surface area is 137 Å². The number of rotatable bonds is 7. The van der Waals surface area contributed by atoms with Gasteiger partial charge in [0.05, 0.1) is 0 Å². The molecule has 122 valence electrons. The van der Waals surface area contributed by atoms with Gasteiger partial charge in [-0.15, -0.1) is 0 Å². The number of carbonyl (C=O) groups is 1. The highest BCUT2D eigenvalue weighted by molar-refractivity contribution is 5.81. The van der Waals surface area contributed by atoms with Crippen LogP contribution >= 0.6 is 0 Å². The van der Waals surface area contributed by atoms with Crippen LogP contribution in [0, 0.1) is 12.8 Å². The lowest BCUT2D eigenvalue weighted by atomic mass is 10.1. The van der Waals surface area contributed by atoms with Crippen LogP contribution in [0.3, 0.4) is 0 Å². The van der Waals surface area contributed by atoms with Crippen molar-refractivity contribution in [2.45, 2.75) is 33.3 Å². The fourth-order valence-corrected chi connectivity index (χ4v) is 2.30. The molecule has 1 atom stereocenters. The fourth-order valence-electron chi connectivity index (χ4n) is 2.30. The highest BCUT2D eigenvalue weighted by Gasteiger charge is 2.24. The average molecular weight is 312 g/mol. The molecule has 1 amide bonds. The van der Waals surface area contributed by atoms with Gasteiger partial charge in [-0.1, -0.05) is 32.0 Å². The Morgan fingerprint density at radius 2 is 1.87 bits per heavy atom. The van der Waals surface area contributed by atoms with Gasteiger partial charge < -0.3 is 10.1 Å². The third-order valence-corrected chi connectivity index (χ3v) is 3.67. The van der Waals surface area contributed by atoms with Crippen molar-refractivity contribution in [3.8, 4) is 5.75 Å². The number of para-hydroxylation sites is 1. The summed E-state index contributed by atoms with van der Waals surface area (Å²) in [5.74, 6) is 0.781. The van der Waals surface area contributed by atoms with Crippen molar-refractivity contribution in [1.29, 1.82) is 0 Å². The number of amides is 1. The van der Waals surface area contributed by atoms with Gasteiger partial charge in [0.25, 0.3) is 5.91 Å². The van der Waals surface area contributed by atoms with Gasteiger partial charge in [0.1, 0.15) is 5.75 Å². The van der Waals surface area contributed by atoms with Crippen molar-refractivity contribution in [2.24, 2.45) is 5.92 Å². The summed E-state index contributed by atoms with van der Waals surface area (Å²) in [6.45, 7) is 6.55. The van der Waals surface area contributed by atoms with E-state index < -0.39 is 6.10 Å². The van der Waals surface area contributed by atoms with Crippen LogP contribution in [0.2, 0.25) is 0 Å². The van der Waals surface area contributed by atoms with Crippen molar-refractivity contribution in [3.05, 3.63) is 59.9 Å². The third kappa shape index (κ3) is 5.09. The Morgan fingerprint density at radius 1 is 1.17 bits per heavy atom. The Kier molecular flexibility index (Phi) is 6.15. The number of ether oxygens (including phenoxy) is 1. The first-order chi connectivity index (χ1) is 11.1. The molecule has 1 N–H and O–H groups in total. The molecule has 1 aromatic heterocycles. The van der Waals surface area contributed by atoms with Gasteiger partial charge in [-0.25, -0.2) is 0 Å². The molecule has 1 heterocycles. The quantitative estimate of drug-likeness (QED) is 0.854. The predicted molar refractivity (Wildman–Crippen MR) is 91.4 cm³/mol. The zero-order chi connectivity index (χ0) is 16.7. The van der Waals surface area contributed by atoms with E-state index in [0.717, 1.165) is 23.3 Å². The fraction of sp³-hybridized carbons (Fsp3) is 0.368. The molecule has 0 spiro atoms. The monoisotopic (exact) mass is 312 g/mol. The van der Waals surface area contributed by atoms with E-state index in [1.807, 2.05) is 57.2 Å². The van der Waals surface area contributed by atoms with Crippen molar-refractivity contribution in [2.75, 3.05) is 6.54 Å². The molecule has 0 fully saturated rings. The molecule has 2 aromatic rings. The van der Waals surface area contributed by atoms with Crippen molar-refractivity contribution in [3.63, 3.8) is 0 Å². The Hall–Kier alpha value is -2.36. The van der Waals surface area contributed by atoms with Crippen LogP contribution in [-0.2, 0) is 11.2 Å². The van der Waals surface area contributed by atoms with Gasteiger partial charge in [0, 0.05) is 18.9 Å². The lowest BCUT2D eigenvalue weighted by molar-refractivity contribution is -0.129. The van der Waals surface area contributed by atoms with Crippen molar-refractivity contribution < 1.29 is 9.53 Å².